The fourth-order valence-corrected chi connectivity index (χ4v) is 2.30. The molecule has 25 heavy (non-hydrogen) atoms. The van der Waals surface area contributed by atoms with Crippen LogP contribution in [-0.4, -0.2) is 36.8 Å². The van der Waals surface area contributed by atoms with Crippen molar-refractivity contribution in [1.82, 2.24) is 4.90 Å². The van der Waals surface area contributed by atoms with E-state index in [2.05, 4.69) is 0 Å². The number of amides is 1. The number of rotatable bonds is 8. The highest BCUT2D eigenvalue weighted by Gasteiger charge is 2.13. The van der Waals surface area contributed by atoms with Crippen molar-refractivity contribution in [2.75, 3.05) is 20.2 Å². The molecule has 0 radical (unpaired) electrons. The van der Waals surface area contributed by atoms with E-state index in [0.717, 1.165) is 0 Å². The summed E-state index contributed by atoms with van der Waals surface area (Å²) in [6.07, 6.45) is 0.233. The zero-order valence-electron chi connectivity index (χ0n) is 13.9. The zero-order chi connectivity index (χ0) is 18.2. The molecule has 0 N–H and O–H groups in total. The third kappa shape index (κ3) is 5.87. The number of para-hydroxylation sites is 1. The first-order valence-electron chi connectivity index (χ1n) is 7.87. The van der Waals surface area contributed by atoms with E-state index in [1.54, 1.807) is 43.4 Å². The van der Waals surface area contributed by atoms with Gasteiger partial charge < -0.3 is 9.64 Å². The van der Waals surface area contributed by atoms with Gasteiger partial charge in [-0.25, -0.2) is 4.39 Å². The summed E-state index contributed by atoms with van der Waals surface area (Å²) >= 11 is 5.78. The summed E-state index contributed by atoms with van der Waals surface area (Å²) in [5, 5.41) is 0.558. The predicted molar refractivity (Wildman–Crippen MR) is 94.5 cm³/mol. The highest BCUT2D eigenvalue weighted by atomic mass is 35.5. The number of ether oxygens (including phenoxy) is 1. The van der Waals surface area contributed by atoms with Gasteiger partial charge in [0.15, 0.2) is 17.3 Å². The van der Waals surface area contributed by atoms with Gasteiger partial charge in [0.05, 0.1) is 6.54 Å². The largest absolute Gasteiger partial charge is 0.489 e. The fraction of sp³-hybridized carbons (Fsp3) is 0.263. The maximum Gasteiger partial charge on any atom is 0.222 e. The van der Waals surface area contributed by atoms with Crippen molar-refractivity contribution in [3.8, 4) is 5.75 Å². The molecule has 0 atom stereocenters. The summed E-state index contributed by atoms with van der Waals surface area (Å²) in [5.74, 6) is -0.563. The quantitative estimate of drug-likeness (QED) is 0.666. The molecule has 2 aromatic carbocycles. The first-order valence-corrected chi connectivity index (χ1v) is 8.25. The zero-order valence-corrected chi connectivity index (χ0v) is 14.6. The third-order valence-electron chi connectivity index (χ3n) is 3.68. The smallest absolute Gasteiger partial charge is 0.222 e. The van der Waals surface area contributed by atoms with Crippen molar-refractivity contribution >= 4 is 23.3 Å². The lowest BCUT2D eigenvalue weighted by molar-refractivity contribution is -0.130. The van der Waals surface area contributed by atoms with E-state index >= 15 is 0 Å². The van der Waals surface area contributed by atoms with E-state index < -0.39 is 5.82 Å². The molecule has 0 aliphatic carbocycles. The Kier molecular flexibility index (Phi) is 6.95. The van der Waals surface area contributed by atoms with Crippen molar-refractivity contribution < 1.29 is 18.7 Å². The van der Waals surface area contributed by atoms with Gasteiger partial charge in [0.2, 0.25) is 5.91 Å². The average molecular weight is 364 g/mol. The van der Waals surface area contributed by atoms with Gasteiger partial charge >= 0.3 is 0 Å². The van der Waals surface area contributed by atoms with Crippen LogP contribution in [0.3, 0.4) is 0 Å². The second kappa shape index (κ2) is 9.18. The maximum atomic E-state index is 13.4. The average Bonchev–Trinajstić information content (AvgIpc) is 2.61. The van der Waals surface area contributed by atoms with Crippen LogP contribution in [0.1, 0.15) is 23.2 Å². The van der Waals surface area contributed by atoms with Crippen molar-refractivity contribution in [1.29, 1.82) is 0 Å². The number of carbonyl (C=O) groups excluding carboxylic acids is 2. The minimum Gasteiger partial charge on any atom is -0.489 e. The molecule has 0 saturated heterocycles. The molecule has 6 heteroatoms. The van der Waals surface area contributed by atoms with Crippen LogP contribution in [0, 0.1) is 5.82 Å². The molecular formula is C19H19ClFNO3. The van der Waals surface area contributed by atoms with Crippen LogP contribution >= 0.6 is 11.6 Å². The fourth-order valence-electron chi connectivity index (χ4n) is 2.17. The van der Waals surface area contributed by atoms with Crippen molar-refractivity contribution in [3.05, 3.63) is 64.9 Å². The predicted octanol–water partition coefficient (Wildman–Crippen LogP) is 3.98. The lowest BCUT2D eigenvalue weighted by Crippen LogP contribution is -2.31. The number of halogens is 2. The Morgan fingerprint density at radius 3 is 2.44 bits per heavy atom. The van der Waals surface area contributed by atoms with Gasteiger partial charge in [0, 0.05) is 30.5 Å². The third-order valence-corrected chi connectivity index (χ3v) is 3.93. The molecule has 0 aromatic heterocycles. The lowest BCUT2D eigenvalue weighted by Gasteiger charge is -2.17. The summed E-state index contributed by atoms with van der Waals surface area (Å²) in [6.45, 7) is 0.483. The molecular weight excluding hydrogens is 345 g/mol. The minimum absolute atomic E-state index is 0.109. The van der Waals surface area contributed by atoms with Crippen LogP contribution < -0.4 is 4.74 Å². The molecule has 0 aliphatic heterocycles. The monoisotopic (exact) mass is 363 g/mol. The number of hydrogen-bond acceptors (Lipinski definition) is 3. The molecule has 0 unspecified atom stereocenters. The number of hydrogen-bond donors (Lipinski definition) is 0. The van der Waals surface area contributed by atoms with E-state index in [1.807, 2.05) is 0 Å². The van der Waals surface area contributed by atoms with Crippen molar-refractivity contribution in [3.63, 3.8) is 0 Å². The highest BCUT2D eigenvalue weighted by molar-refractivity contribution is 6.30. The van der Waals surface area contributed by atoms with Gasteiger partial charge in [0.1, 0.15) is 6.61 Å². The van der Waals surface area contributed by atoms with E-state index in [-0.39, 0.29) is 36.9 Å². The summed E-state index contributed by atoms with van der Waals surface area (Å²) in [7, 11) is 1.62. The van der Waals surface area contributed by atoms with E-state index in [4.69, 9.17) is 16.3 Å². The Hall–Kier alpha value is -2.40. The molecule has 4 nitrogen and oxygen atoms in total. The molecule has 0 bridgehead atoms. The molecule has 0 heterocycles. The summed E-state index contributed by atoms with van der Waals surface area (Å²) in [6, 6.07) is 12.7. The highest BCUT2D eigenvalue weighted by Crippen LogP contribution is 2.15. The molecule has 2 rings (SSSR count). The SMILES string of the molecule is CN(CCOc1ccccc1F)C(=O)CCC(=O)c1ccc(Cl)cc1. The second-order valence-electron chi connectivity index (χ2n) is 5.52. The van der Waals surface area contributed by atoms with Crippen LogP contribution in [0.5, 0.6) is 5.75 Å². The van der Waals surface area contributed by atoms with Gasteiger partial charge in [-0.3, -0.25) is 9.59 Å². The summed E-state index contributed by atoms with van der Waals surface area (Å²) < 4.78 is 18.7. The Morgan fingerprint density at radius 2 is 1.76 bits per heavy atom. The van der Waals surface area contributed by atoms with Crippen LogP contribution in [0.25, 0.3) is 0 Å². The van der Waals surface area contributed by atoms with Gasteiger partial charge in [-0.1, -0.05) is 23.7 Å². The molecule has 1 amide bonds. The van der Waals surface area contributed by atoms with Gasteiger partial charge in [-0.2, -0.15) is 0 Å². The molecule has 0 aliphatic rings. The van der Waals surface area contributed by atoms with E-state index in [0.29, 0.717) is 17.1 Å². The Morgan fingerprint density at radius 1 is 1.08 bits per heavy atom. The van der Waals surface area contributed by atoms with Crippen molar-refractivity contribution in [2.24, 2.45) is 0 Å². The summed E-state index contributed by atoms with van der Waals surface area (Å²) in [5.41, 5.74) is 0.530. The maximum absolute atomic E-state index is 13.4. The number of nitrogens with zero attached hydrogens (tertiary/aromatic N) is 1. The summed E-state index contributed by atoms with van der Waals surface area (Å²) in [4.78, 5) is 25.6. The molecule has 0 fully saturated rings. The number of Topliss-reactive ketones (excluding diaryl/α,β-unsaturated/α-hetero) is 1. The van der Waals surface area contributed by atoms with Crippen molar-refractivity contribution in [2.45, 2.75) is 12.8 Å². The van der Waals surface area contributed by atoms with Crippen LogP contribution in [0.2, 0.25) is 5.02 Å². The Bertz CT molecular complexity index is 734. The number of carbonyl (C=O) groups is 2. The molecule has 0 spiro atoms. The standard InChI is InChI=1S/C19H19ClFNO3/c1-22(12-13-25-18-5-3-2-4-16(18)21)19(24)11-10-17(23)14-6-8-15(20)9-7-14/h2-9H,10-13H2,1H3. The molecule has 0 saturated carbocycles. The van der Waals surface area contributed by atoms with Gasteiger partial charge in [0.25, 0.3) is 0 Å². The minimum atomic E-state index is -0.440. The van der Waals surface area contributed by atoms with Gasteiger partial charge in [-0.05, 0) is 36.4 Å². The van der Waals surface area contributed by atoms with Crippen LogP contribution in [0.4, 0.5) is 4.39 Å². The molecule has 132 valence electrons. The van der Waals surface area contributed by atoms with Gasteiger partial charge in [-0.15, -0.1) is 0 Å². The second-order valence-corrected chi connectivity index (χ2v) is 5.96. The molecule has 2 aromatic rings. The topological polar surface area (TPSA) is 46.6 Å². The first-order chi connectivity index (χ1) is 12.0. The van der Waals surface area contributed by atoms with E-state index in [9.17, 15) is 14.0 Å². The normalized spacial score (nSPS) is 10.4. The van der Waals surface area contributed by atoms with Crippen LogP contribution in [0.15, 0.2) is 48.5 Å². The number of likely N-dealkylation sites (N-methyl/N-ethyl adjacent to an activating group) is 1. The van der Waals surface area contributed by atoms with Crippen LogP contribution in [-0.2, 0) is 4.79 Å². The van der Waals surface area contributed by atoms with E-state index in [1.165, 1.54) is 17.0 Å². The lowest BCUT2D eigenvalue weighted by atomic mass is 10.1. The Balaban J connectivity index is 1.73. The Labute approximate surface area is 151 Å². The first kappa shape index (κ1) is 18.9. The number of benzene rings is 2. The number of ketones is 1.